The van der Waals surface area contributed by atoms with Crippen LogP contribution in [0.5, 0.6) is 5.75 Å². The van der Waals surface area contributed by atoms with Gasteiger partial charge in [0.1, 0.15) is 11.4 Å². The van der Waals surface area contributed by atoms with Crippen molar-refractivity contribution in [2.75, 3.05) is 13.7 Å². The van der Waals surface area contributed by atoms with Gasteiger partial charge in [0.25, 0.3) is 0 Å². The molecule has 0 saturated carbocycles. The summed E-state index contributed by atoms with van der Waals surface area (Å²) in [4.78, 5) is 0. The molecule has 0 saturated heterocycles. The number of benzene rings is 1. The molecule has 0 fully saturated rings. The molecule has 2 rings (SSSR count). The summed E-state index contributed by atoms with van der Waals surface area (Å²) in [5.74, 6) is 0.195. The van der Waals surface area contributed by atoms with Crippen LogP contribution in [-0.2, 0) is 16.8 Å². The molecule has 0 bridgehead atoms. The Balaban J connectivity index is 2.41. The third-order valence-corrected chi connectivity index (χ3v) is 2.79. The number of aryl methyl sites for hydroxylation is 1. The lowest BCUT2D eigenvalue weighted by Gasteiger charge is -2.22. The van der Waals surface area contributed by atoms with Gasteiger partial charge in [-0.05, 0) is 36.1 Å². The molecule has 0 amide bonds. The van der Waals surface area contributed by atoms with Crippen molar-refractivity contribution in [1.82, 2.24) is 0 Å². The Kier molecular flexibility index (Phi) is 2.21. The topological polar surface area (TPSA) is 49.7 Å². The maximum atomic E-state index is 10.2. The van der Waals surface area contributed by atoms with Crippen LogP contribution in [-0.4, -0.2) is 23.9 Å². The van der Waals surface area contributed by atoms with Gasteiger partial charge in [0, 0.05) is 7.11 Å². The molecule has 1 unspecified atom stereocenters. The Labute approximate surface area is 83.0 Å². The number of phenols is 1. The molecule has 3 heteroatoms. The van der Waals surface area contributed by atoms with Crippen molar-refractivity contribution in [2.24, 2.45) is 0 Å². The van der Waals surface area contributed by atoms with E-state index in [2.05, 4.69) is 0 Å². The maximum Gasteiger partial charge on any atom is 0.115 e. The van der Waals surface area contributed by atoms with E-state index < -0.39 is 5.60 Å². The van der Waals surface area contributed by atoms with Gasteiger partial charge >= 0.3 is 0 Å². The normalized spacial score (nSPS) is 25.0. The fraction of sp³-hybridized carbons (Fsp3) is 0.455. The molecule has 3 nitrogen and oxygen atoms in total. The first-order valence-electron chi connectivity index (χ1n) is 4.69. The van der Waals surface area contributed by atoms with E-state index in [1.54, 1.807) is 19.2 Å². The van der Waals surface area contributed by atoms with Gasteiger partial charge in [0.05, 0.1) is 6.61 Å². The summed E-state index contributed by atoms with van der Waals surface area (Å²) < 4.78 is 4.99. The fourth-order valence-corrected chi connectivity index (χ4v) is 2.08. The van der Waals surface area contributed by atoms with Crippen LogP contribution in [0.1, 0.15) is 17.5 Å². The van der Waals surface area contributed by atoms with E-state index in [1.807, 2.05) is 6.07 Å². The predicted octanol–water partition coefficient (Wildman–Crippen LogP) is 1.17. The molecule has 0 radical (unpaired) electrons. The number of phenolic OH excluding ortho intramolecular Hbond substituents is 1. The summed E-state index contributed by atoms with van der Waals surface area (Å²) in [7, 11) is 1.57. The van der Waals surface area contributed by atoms with Gasteiger partial charge in [-0.3, -0.25) is 0 Å². The second-order valence-electron chi connectivity index (χ2n) is 3.81. The highest BCUT2D eigenvalue weighted by molar-refractivity contribution is 5.42. The van der Waals surface area contributed by atoms with Crippen molar-refractivity contribution in [2.45, 2.75) is 18.4 Å². The van der Waals surface area contributed by atoms with E-state index in [-0.39, 0.29) is 12.4 Å². The summed E-state index contributed by atoms with van der Waals surface area (Å²) in [6.07, 6.45) is 1.51. The van der Waals surface area contributed by atoms with Crippen molar-refractivity contribution >= 4 is 0 Å². The monoisotopic (exact) mass is 194 g/mol. The van der Waals surface area contributed by atoms with Gasteiger partial charge in [-0.15, -0.1) is 0 Å². The van der Waals surface area contributed by atoms with Crippen LogP contribution >= 0.6 is 0 Å². The maximum absolute atomic E-state index is 10.2. The second-order valence-corrected chi connectivity index (χ2v) is 3.81. The molecule has 0 heterocycles. The zero-order valence-electron chi connectivity index (χ0n) is 8.16. The van der Waals surface area contributed by atoms with Crippen molar-refractivity contribution < 1.29 is 14.9 Å². The number of hydrogen-bond donors (Lipinski definition) is 2. The Bertz CT molecular complexity index is 344. The summed E-state index contributed by atoms with van der Waals surface area (Å²) in [6.45, 7) is 0.281. The average Bonchev–Trinajstić information content (AvgIpc) is 2.45. The lowest BCUT2D eigenvalue weighted by molar-refractivity contribution is -0.0341. The molecule has 1 aromatic rings. The number of fused-ring (bicyclic) bond motifs is 1. The summed E-state index contributed by atoms with van der Waals surface area (Å²) >= 11 is 0. The van der Waals surface area contributed by atoms with Crippen molar-refractivity contribution in [3.8, 4) is 5.75 Å². The van der Waals surface area contributed by atoms with Gasteiger partial charge < -0.3 is 14.9 Å². The standard InChI is InChI=1S/C11H14O3/c1-14-7-11(13)5-4-8-2-3-9(12)6-10(8)11/h2-3,6,12-13H,4-5,7H2,1H3. The number of rotatable bonds is 2. The predicted molar refractivity (Wildman–Crippen MR) is 52.2 cm³/mol. The lowest BCUT2D eigenvalue weighted by atomic mass is 9.97. The highest BCUT2D eigenvalue weighted by Crippen LogP contribution is 2.38. The van der Waals surface area contributed by atoms with Crippen LogP contribution in [0.3, 0.4) is 0 Å². The quantitative estimate of drug-likeness (QED) is 0.743. The molecule has 76 valence electrons. The van der Waals surface area contributed by atoms with E-state index in [4.69, 9.17) is 4.74 Å². The van der Waals surface area contributed by atoms with E-state index in [9.17, 15) is 10.2 Å². The molecule has 0 aliphatic heterocycles. The number of aromatic hydroxyl groups is 1. The van der Waals surface area contributed by atoms with Crippen LogP contribution in [0.2, 0.25) is 0 Å². The van der Waals surface area contributed by atoms with Crippen molar-refractivity contribution in [3.05, 3.63) is 29.3 Å². The highest BCUT2D eigenvalue weighted by atomic mass is 16.5. The molecular formula is C11H14O3. The van der Waals surface area contributed by atoms with Crippen molar-refractivity contribution in [3.63, 3.8) is 0 Å². The third-order valence-electron chi connectivity index (χ3n) is 2.79. The Morgan fingerprint density at radius 2 is 2.29 bits per heavy atom. The smallest absolute Gasteiger partial charge is 0.115 e. The van der Waals surface area contributed by atoms with Crippen LogP contribution in [0, 0.1) is 0 Å². The first-order valence-corrected chi connectivity index (χ1v) is 4.69. The molecule has 1 aliphatic carbocycles. The van der Waals surface area contributed by atoms with Crippen LogP contribution < -0.4 is 0 Å². The largest absolute Gasteiger partial charge is 0.508 e. The number of hydrogen-bond acceptors (Lipinski definition) is 3. The molecule has 2 N–H and O–H groups in total. The molecule has 1 aliphatic rings. The molecule has 14 heavy (non-hydrogen) atoms. The van der Waals surface area contributed by atoms with Crippen LogP contribution in [0.15, 0.2) is 18.2 Å². The van der Waals surface area contributed by atoms with Crippen molar-refractivity contribution in [1.29, 1.82) is 0 Å². The molecule has 1 aromatic carbocycles. The van der Waals surface area contributed by atoms with Gasteiger partial charge in [-0.1, -0.05) is 6.07 Å². The van der Waals surface area contributed by atoms with Gasteiger partial charge in [-0.25, -0.2) is 0 Å². The molecular weight excluding hydrogens is 180 g/mol. The Hall–Kier alpha value is -1.06. The molecule has 0 spiro atoms. The number of methoxy groups -OCH3 is 1. The summed E-state index contributed by atoms with van der Waals surface area (Å²) in [5.41, 5.74) is 0.990. The van der Waals surface area contributed by atoms with E-state index in [1.165, 1.54) is 0 Å². The minimum absolute atomic E-state index is 0.195. The van der Waals surface area contributed by atoms with Gasteiger partial charge in [-0.2, -0.15) is 0 Å². The minimum Gasteiger partial charge on any atom is -0.508 e. The third kappa shape index (κ3) is 1.38. The number of ether oxygens (including phenoxy) is 1. The Morgan fingerprint density at radius 1 is 1.50 bits per heavy atom. The number of aliphatic hydroxyl groups is 1. The summed E-state index contributed by atoms with van der Waals surface area (Å²) in [5, 5.41) is 19.6. The lowest BCUT2D eigenvalue weighted by Crippen LogP contribution is -2.28. The van der Waals surface area contributed by atoms with Crippen LogP contribution in [0.4, 0.5) is 0 Å². The van der Waals surface area contributed by atoms with Gasteiger partial charge in [0.15, 0.2) is 0 Å². The Morgan fingerprint density at radius 3 is 3.00 bits per heavy atom. The van der Waals surface area contributed by atoms with E-state index in [0.717, 1.165) is 17.5 Å². The summed E-state index contributed by atoms with van der Waals surface area (Å²) in [6, 6.07) is 5.14. The zero-order valence-corrected chi connectivity index (χ0v) is 8.16. The highest BCUT2D eigenvalue weighted by Gasteiger charge is 2.36. The fourth-order valence-electron chi connectivity index (χ4n) is 2.08. The minimum atomic E-state index is -0.914. The van der Waals surface area contributed by atoms with E-state index in [0.29, 0.717) is 6.42 Å². The van der Waals surface area contributed by atoms with E-state index >= 15 is 0 Å². The zero-order chi connectivity index (χ0) is 10.2. The molecule has 0 aromatic heterocycles. The first kappa shape index (κ1) is 9.49. The average molecular weight is 194 g/mol. The molecule has 1 atom stereocenters. The first-order chi connectivity index (χ1) is 6.65. The van der Waals surface area contributed by atoms with Gasteiger partial charge in [0.2, 0.25) is 0 Å². The second kappa shape index (κ2) is 3.26. The SMILES string of the molecule is COCC1(O)CCc2ccc(O)cc21. The van der Waals surface area contributed by atoms with Crippen LogP contribution in [0.25, 0.3) is 0 Å².